The van der Waals surface area contributed by atoms with Crippen LogP contribution in [-0.4, -0.2) is 52.1 Å². The summed E-state index contributed by atoms with van der Waals surface area (Å²) in [6, 6.07) is 12.3. The molecule has 2 aromatic heterocycles. The summed E-state index contributed by atoms with van der Waals surface area (Å²) in [4.78, 5) is 22.1. The molecule has 0 aliphatic heterocycles. The van der Waals surface area contributed by atoms with Crippen molar-refractivity contribution in [1.82, 2.24) is 20.0 Å². The predicted octanol–water partition coefficient (Wildman–Crippen LogP) is 2.89. The molecule has 0 atom stereocenters. The summed E-state index contributed by atoms with van der Waals surface area (Å²) in [5.74, 6) is -0.259. The molecule has 0 unspecified atom stereocenters. The Morgan fingerprint density at radius 1 is 1.29 bits per heavy atom. The first-order valence-corrected chi connectivity index (χ1v) is 10.2. The molecule has 10 heteroatoms. The van der Waals surface area contributed by atoms with Crippen LogP contribution in [0, 0.1) is 0 Å². The van der Waals surface area contributed by atoms with E-state index in [1.54, 1.807) is 25.3 Å². The minimum Gasteiger partial charge on any atom is -0.507 e. The fourth-order valence-corrected chi connectivity index (χ4v) is 3.47. The van der Waals surface area contributed by atoms with E-state index in [1.165, 1.54) is 10.9 Å². The van der Waals surface area contributed by atoms with Gasteiger partial charge in [0.1, 0.15) is 22.6 Å². The Morgan fingerprint density at radius 3 is 2.77 bits per heavy atom. The SMILES string of the molecule is COCCNC(=O)c1c(N)n(N=Cc2cc(Br)ccc2O)c2nc3ccccc3nc12. The van der Waals surface area contributed by atoms with Crippen LogP contribution in [0.1, 0.15) is 15.9 Å². The molecule has 0 bridgehead atoms. The number of nitrogen functional groups attached to an aromatic ring is 1. The van der Waals surface area contributed by atoms with Crippen molar-refractivity contribution in [1.29, 1.82) is 0 Å². The van der Waals surface area contributed by atoms with Gasteiger partial charge in [-0.25, -0.2) is 9.97 Å². The van der Waals surface area contributed by atoms with Crippen LogP contribution in [0.25, 0.3) is 22.2 Å². The van der Waals surface area contributed by atoms with Gasteiger partial charge in [0.05, 0.1) is 23.9 Å². The minimum atomic E-state index is -0.400. The van der Waals surface area contributed by atoms with E-state index in [0.717, 1.165) is 4.47 Å². The Morgan fingerprint density at radius 2 is 2.03 bits per heavy atom. The first-order chi connectivity index (χ1) is 15.0. The monoisotopic (exact) mass is 482 g/mol. The molecular weight excluding hydrogens is 464 g/mol. The van der Waals surface area contributed by atoms with Gasteiger partial charge in [-0.15, -0.1) is 0 Å². The number of phenolic OH excluding ortho intramolecular Hbond substituents is 1. The van der Waals surface area contributed by atoms with Gasteiger partial charge >= 0.3 is 0 Å². The first-order valence-electron chi connectivity index (χ1n) is 9.36. The molecule has 4 aromatic rings. The van der Waals surface area contributed by atoms with Gasteiger partial charge in [-0.3, -0.25) is 4.79 Å². The highest BCUT2D eigenvalue weighted by atomic mass is 79.9. The number of benzene rings is 2. The lowest BCUT2D eigenvalue weighted by molar-refractivity contribution is 0.0939. The zero-order chi connectivity index (χ0) is 22.0. The Hall–Kier alpha value is -3.50. The number of methoxy groups -OCH3 is 1. The molecule has 4 rings (SSSR count). The summed E-state index contributed by atoms with van der Waals surface area (Å²) < 4.78 is 7.11. The fourth-order valence-electron chi connectivity index (χ4n) is 3.09. The van der Waals surface area contributed by atoms with Crippen molar-refractivity contribution >= 4 is 56.1 Å². The standard InChI is InChI=1S/C21H19BrN6O3/c1-31-9-8-24-21(30)17-18-20(27-15-5-3-2-4-14(15)26-18)28(19(17)23)25-11-12-10-13(22)6-7-16(12)29/h2-7,10-11,29H,8-9,23H2,1H3,(H,24,30). The van der Waals surface area contributed by atoms with Gasteiger partial charge in [0.2, 0.25) is 0 Å². The summed E-state index contributed by atoms with van der Waals surface area (Å²) in [6.45, 7) is 0.677. The van der Waals surface area contributed by atoms with Crippen LogP contribution in [-0.2, 0) is 4.74 Å². The van der Waals surface area contributed by atoms with Gasteiger partial charge in [0.25, 0.3) is 5.91 Å². The van der Waals surface area contributed by atoms with E-state index in [1.807, 2.05) is 24.3 Å². The molecule has 1 amide bonds. The van der Waals surface area contributed by atoms with Gasteiger partial charge in [-0.1, -0.05) is 28.1 Å². The maximum atomic E-state index is 12.9. The van der Waals surface area contributed by atoms with Crippen molar-refractivity contribution in [2.24, 2.45) is 5.10 Å². The third-order valence-electron chi connectivity index (χ3n) is 4.59. The second-order valence-electron chi connectivity index (χ2n) is 6.65. The van der Waals surface area contributed by atoms with E-state index in [0.29, 0.717) is 40.9 Å². The molecule has 158 valence electrons. The molecule has 0 aliphatic carbocycles. The van der Waals surface area contributed by atoms with Gasteiger partial charge in [-0.05, 0) is 30.3 Å². The molecule has 31 heavy (non-hydrogen) atoms. The molecule has 4 N–H and O–H groups in total. The number of fused-ring (bicyclic) bond motifs is 2. The van der Waals surface area contributed by atoms with Crippen LogP contribution >= 0.6 is 15.9 Å². The number of nitrogens with zero attached hydrogens (tertiary/aromatic N) is 4. The van der Waals surface area contributed by atoms with Crippen molar-refractivity contribution in [3.05, 3.63) is 58.1 Å². The number of anilines is 1. The molecule has 2 heterocycles. The molecule has 9 nitrogen and oxygen atoms in total. The van der Waals surface area contributed by atoms with E-state index in [2.05, 4.69) is 36.3 Å². The molecule has 0 radical (unpaired) electrons. The van der Waals surface area contributed by atoms with Crippen molar-refractivity contribution in [3.63, 3.8) is 0 Å². The largest absolute Gasteiger partial charge is 0.507 e. The summed E-state index contributed by atoms with van der Waals surface area (Å²) in [6.07, 6.45) is 1.44. The van der Waals surface area contributed by atoms with Crippen molar-refractivity contribution in [2.75, 3.05) is 26.0 Å². The maximum absolute atomic E-state index is 12.9. The lowest BCUT2D eigenvalue weighted by Crippen LogP contribution is -2.27. The van der Waals surface area contributed by atoms with Crippen molar-refractivity contribution < 1.29 is 14.6 Å². The summed E-state index contributed by atoms with van der Waals surface area (Å²) in [5.41, 5.74) is 8.91. The highest BCUT2D eigenvalue weighted by Gasteiger charge is 2.23. The van der Waals surface area contributed by atoms with E-state index in [4.69, 9.17) is 10.5 Å². The second kappa shape index (κ2) is 8.70. The molecule has 0 saturated carbocycles. The number of nitrogens with two attached hydrogens (primary N) is 1. The van der Waals surface area contributed by atoms with E-state index in [9.17, 15) is 9.90 Å². The Balaban J connectivity index is 1.88. The van der Waals surface area contributed by atoms with Crippen molar-refractivity contribution in [3.8, 4) is 5.75 Å². The number of rotatable bonds is 6. The Kier molecular flexibility index (Phi) is 5.83. The number of hydrogen-bond donors (Lipinski definition) is 3. The molecule has 2 aromatic carbocycles. The van der Waals surface area contributed by atoms with Gasteiger partial charge in [0.15, 0.2) is 5.65 Å². The average Bonchev–Trinajstić information content (AvgIpc) is 3.03. The maximum Gasteiger partial charge on any atom is 0.257 e. The lowest BCUT2D eigenvalue weighted by atomic mass is 10.2. The van der Waals surface area contributed by atoms with Crippen LogP contribution in [0.5, 0.6) is 5.75 Å². The number of carbonyl (C=O) groups excluding carboxylic acids is 1. The normalized spacial score (nSPS) is 11.5. The van der Waals surface area contributed by atoms with Gasteiger partial charge in [-0.2, -0.15) is 9.78 Å². The molecule has 0 aliphatic rings. The second-order valence-corrected chi connectivity index (χ2v) is 7.57. The molecule has 0 saturated heterocycles. The number of para-hydroxylation sites is 2. The summed E-state index contributed by atoms with van der Waals surface area (Å²) in [7, 11) is 1.55. The third-order valence-corrected chi connectivity index (χ3v) is 5.09. The zero-order valence-corrected chi connectivity index (χ0v) is 18.1. The lowest BCUT2D eigenvalue weighted by Gasteiger charge is -2.04. The number of phenols is 1. The fraction of sp³-hybridized carbons (Fsp3) is 0.143. The minimum absolute atomic E-state index is 0.0519. The average molecular weight is 483 g/mol. The molecule has 0 fully saturated rings. The number of ether oxygens (including phenoxy) is 1. The number of nitrogens with one attached hydrogen (secondary N) is 1. The van der Waals surface area contributed by atoms with E-state index < -0.39 is 5.91 Å². The van der Waals surface area contributed by atoms with Crippen LogP contribution < -0.4 is 11.1 Å². The third kappa shape index (κ3) is 4.07. The van der Waals surface area contributed by atoms with Gasteiger partial charge < -0.3 is 20.9 Å². The summed E-state index contributed by atoms with van der Waals surface area (Å²) >= 11 is 3.37. The quantitative estimate of drug-likeness (QED) is 0.286. The summed E-state index contributed by atoms with van der Waals surface area (Å²) in [5, 5.41) is 17.2. The van der Waals surface area contributed by atoms with E-state index in [-0.39, 0.29) is 17.1 Å². The molecular formula is C21H19BrN6O3. The molecule has 0 spiro atoms. The topological polar surface area (TPSA) is 128 Å². The number of carbonyl (C=O) groups is 1. The van der Waals surface area contributed by atoms with Gasteiger partial charge in [0, 0.05) is 23.7 Å². The van der Waals surface area contributed by atoms with Crippen molar-refractivity contribution in [2.45, 2.75) is 0 Å². The van der Waals surface area contributed by atoms with Crippen LogP contribution in [0.4, 0.5) is 5.82 Å². The smallest absolute Gasteiger partial charge is 0.257 e. The number of amides is 1. The highest BCUT2D eigenvalue weighted by Crippen LogP contribution is 2.28. The number of hydrogen-bond acceptors (Lipinski definition) is 7. The van der Waals surface area contributed by atoms with Crippen LogP contribution in [0.2, 0.25) is 0 Å². The number of halogens is 1. The highest BCUT2D eigenvalue weighted by molar-refractivity contribution is 9.10. The Labute approximate surface area is 185 Å². The number of aromatic nitrogens is 3. The zero-order valence-electron chi connectivity index (χ0n) is 16.5. The van der Waals surface area contributed by atoms with Crippen LogP contribution in [0.3, 0.4) is 0 Å². The Bertz CT molecular complexity index is 1320. The predicted molar refractivity (Wildman–Crippen MR) is 122 cm³/mol. The number of aromatic hydroxyl groups is 1. The first kappa shape index (κ1) is 20.8. The van der Waals surface area contributed by atoms with Crippen LogP contribution in [0.15, 0.2) is 52.0 Å². The van der Waals surface area contributed by atoms with E-state index >= 15 is 0 Å².